The zero-order valence-corrected chi connectivity index (χ0v) is 9.92. The lowest BCUT2D eigenvalue weighted by molar-refractivity contribution is 0.0543. The second kappa shape index (κ2) is 5.71. The van der Waals surface area contributed by atoms with Crippen LogP contribution in [-0.2, 0) is 14.2 Å². The molecule has 0 bridgehead atoms. The standard InChI is InChI=1S/C10H10N2O6/c1-16-8(13)5-4-6(9(14)17-2)11-12-7(5)10(15)18-3/h4H,1-3H3. The average molecular weight is 254 g/mol. The van der Waals surface area contributed by atoms with Gasteiger partial charge in [0.1, 0.15) is 0 Å². The van der Waals surface area contributed by atoms with Gasteiger partial charge >= 0.3 is 17.9 Å². The summed E-state index contributed by atoms with van der Waals surface area (Å²) in [6, 6.07) is 1.05. The Morgan fingerprint density at radius 1 is 0.889 bits per heavy atom. The average Bonchev–Trinajstić information content (AvgIpc) is 2.43. The van der Waals surface area contributed by atoms with Crippen molar-refractivity contribution in [3.05, 3.63) is 23.0 Å². The van der Waals surface area contributed by atoms with Crippen LogP contribution in [0.5, 0.6) is 0 Å². The zero-order chi connectivity index (χ0) is 13.7. The van der Waals surface area contributed by atoms with E-state index in [9.17, 15) is 14.4 Å². The molecule has 1 rings (SSSR count). The van der Waals surface area contributed by atoms with Gasteiger partial charge in [0, 0.05) is 0 Å². The van der Waals surface area contributed by atoms with E-state index in [-0.39, 0.29) is 17.0 Å². The fourth-order valence-corrected chi connectivity index (χ4v) is 1.11. The minimum atomic E-state index is -0.862. The van der Waals surface area contributed by atoms with Crippen LogP contribution in [0.3, 0.4) is 0 Å². The molecule has 0 spiro atoms. The monoisotopic (exact) mass is 254 g/mol. The first kappa shape index (κ1) is 13.6. The summed E-state index contributed by atoms with van der Waals surface area (Å²) >= 11 is 0. The van der Waals surface area contributed by atoms with E-state index in [0.29, 0.717) is 0 Å². The van der Waals surface area contributed by atoms with Crippen molar-refractivity contribution in [2.24, 2.45) is 0 Å². The van der Waals surface area contributed by atoms with Crippen LogP contribution in [0, 0.1) is 0 Å². The second-order valence-corrected chi connectivity index (χ2v) is 2.97. The van der Waals surface area contributed by atoms with Crippen molar-refractivity contribution in [3.8, 4) is 0 Å². The SMILES string of the molecule is COC(=O)c1cc(C(=O)OC)c(C(=O)OC)nn1. The number of ether oxygens (including phenoxy) is 3. The topological polar surface area (TPSA) is 105 Å². The summed E-state index contributed by atoms with van der Waals surface area (Å²) in [5.41, 5.74) is -0.776. The van der Waals surface area contributed by atoms with Gasteiger partial charge in [0.25, 0.3) is 0 Å². The molecule has 0 aliphatic heterocycles. The van der Waals surface area contributed by atoms with E-state index >= 15 is 0 Å². The van der Waals surface area contributed by atoms with Crippen LogP contribution in [0.4, 0.5) is 0 Å². The van der Waals surface area contributed by atoms with Gasteiger partial charge in [-0.25, -0.2) is 14.4 Å². The van der Waals surface area contributed by atoms with Crippen molar-refractivity contribution in [1.29, 1.82) is 0 Å². The Kier molecular flexibility index (Phi) is 4.30. The maximum atomic E-state index is 11.5. The summed E-state index contributed by atoms with van der Waals surface area (Å²) in [4.78, 5) is 34.1. The van der Waals surface area contributed by atoms with Crippen LogP contribution in [0.1, 0.15) is 31.3 Å². The predicted octanol–water partition coefficient (Wildman–Crippen LogP) is -0.164. The van der Waals surface area contributed by atoms with Gasteiger partial charge < -0.3 is 14.2 Å². The van der Waals surface area contributed by atoms with Gasteiger partial charge in [-0.1, -0.05) is 0 Å². The van der Waals surface area contributed by atoms with Gasteiger partial charge in [-0.15, -0.1) is 10.2 Å². The lowest BCUT2D eigenvalue weighted by atomic mass is 10.2. The van der Waals surface area contributed by atoms with Gasteiger partial charge in [-0.05, 0) is 6.07 Å². The molecule has 0 unspecified atom stereocenters. The molecule has 0 amide bonds. The van der Waals surface area contributed by atoms with E-state index in [1.54, 1.807) is 0 Å². The van der Waals surface area contributed by atoms with Crippen LogP contribution in [0.25, 0.3) is 0 Å². The predicted molar refractivity (Wildman–Crippen MR) is 56.1 cm³/mol. The molecule has 8 nitrogen and oxygen atoms in total. The Balaban J connectivity index is 3.33. The first-order chi connectivity index (χ1) is 8.54. The Labute approximate surface area is 102 Å². The molecule has 8 heteroatoms. The number of aromatic nitrogens is 2. The molecule has 0 N–H and O–H groups in total. The number of hydrogen-bond acceptors (Lipinski definition) is 8. The summed E-state index contributed by atoms with van der Waals surface area (Å²) in [7, 11) is 3.40. The number of rotatable bonds is 3. The van der Waals surface area contributed by atoms with Crippen LogP contribution in [-0.4, -0.2) is 49.4 Å². The Hall–Kier alpha value is -2.51. The first-order valence-corrected chi connectivity index (χ1v) is 4.67. The minimum Gasteiger partial charge on any atom is -0.465 e. The molecule has 0 aliphatic rings. The largest absolute Gasteiger partial charge is 0.465 e. The maximum Gasteiger partial charge on any atom is 0.359 e. The Morgan fingerprint density at radius 2 is 1.44 bits per heavy atom. The van der Waals surface area contributed by atoms with E-state index in [0.717, 1.165) is 27.4 Å². The van der Waals surface area contributed by atoms with Crippen LogP contribution >= 0.6 is 0 Å². The van der Waals surface area contributed by atoms with Crippen LogP contribution in [0.15, 0.2) is 6.07 Å². The fourth-order valence-electron chi connectivity index (χ4n) is 1.11. The highest BCUT2D eigenvalue weighted by atomic mass is 16.5. The van der Waals surface area contributed by atoms with Crippen molar-refractivity contribution >= 4 is 17.9 Å². The van der Waals surface area contributed by atoms with Gasteiger partial charge in [-0.3, -0.25) is 0 Å². The smallest absolute Gasteiger partial charge is 0.359 e. The van der Waals surface area contributed by atoms with Crippen molar-refractivity contribution in [1.82, 2.24) is 10.2 Å². The molecular formula is C10H10N2O6. The van der Waals surface area contributed by atoms with Gasteiger partial charge in [-0.2, -0.15) is 0 Å². The van der Waals surface area contributed by atoms with Gasteiger partial charge in [0.2, 0.25) is 0 Å². The second-order valence-electron chi connectivity index (χ2n) is 2.97. The Bertz CT molecular complexity index is 499. The van der Waals surface area contributed by atoms with Crippen LogP contribution < -0.4 is 0 Å². The van der Waals surface area contributed by atoms with E-state index in [2.05, 4.69) is 24.4 Å². The molecule has 0 aromatic carbocycles. The fraction of sp³-hybridized carbons (Fsp3) is 0.300. The summed E-state index contributed by atoms with van der Waals surface area (Å²) in [5.74, 6) is -2.49. The van der Waals surface area contributed by atoms with E-state index < -0.39 is 17.9 Å². The number of carbonyl (C=O) groups excluding carboxylic acids is 3. The van der Waals surface area contributed by atoms with E-state index in [1.807, 2.05) is 0 Å². The molecule has 96 valence electrons. The maximum absolute atomic E-state index is 11.5. The summed E-state index contributed by atoms with van der Waals surface area (Å²) in [6.07, 6.45) is 0. The molecule has 1 aromatic rings. The minimum absolute atomic E-state index is 0.217. The summed E-state index contributed by atoms with van der Waals surface area (Å²) in [5, 5.41) is 6.92. The zero-order valence-electron chi connectivity index (χ0n) is 9.92. The van der Waals surface area contributed by atoms with Crippen molar-refractivity contribution in [2.45, 2.75) is 0 Å². The normalized spacial score (nSPS) is 9.50. The molecule has 0 saturated carbocycles. The number of hydrogen-bond donors (Lipinski definition) is 0. The van der Waals surface area contributed by atoms with Crippen molar-refractivity contribution in [2.75, 3.05) is 21.3 Å². The van der Waals surface area contributed by atoms with E-state index in [1.165, 1.54) is 0 Å². The quantitative estimate of drug-likeness (QED) is 0.541. The highest BCUT2D eigenvalue weighted by Gasteiger charge is 2.23. The third-order valence-corrected chi connectivity index (χ3v) is 1.97. The Morgan fingerprint density at radius 3 is 1.94 bits per heavy atom. The van der Waals surface area contributed by atoms with Gasteiger partial charge in [0.05, 0.1) is 26.9 Å². The van der Waals surface area contributed by atoms with Gasteiger partial charge in [0.15, 0.2) is 11.4 Å². The van der Waals surface area contributed by atoms with Crippen molar-refractivity contribution in [3.63, 3.8) is 0 Å². The first-order valence-electron chi connectivity index (χ1n) is 4.67. The van der Waals surface area contributed by atoms with Crippen LogP contribution in [0.2, 0.25) is 0 Å². The molecule has 1 heterocycles. The molecule has 1 aromatic heterocycles. The van der Waals surface area contributed by atoms with E-state index in [4.69, 9.17) is 0 Å². The number of carbonyl (C=O) groups is 3. The third-order valence-electron chi connectivity index (χ3n) is 1.97. The molecule has 0 atom stereocenters. The van der Waals surface area contributed by atoms with Crippen molar-refractivity contribution < 1.29 is 28.6 Å². The molecule has 18 heavy (non-hydrogen) atoms. The molecule has 0 fully saturated rings. The molecule has 0 aliphatic carbocycles. The lowest BCUT2D eigenvalue weighted by Gasteiger charge is -2.05. The highest BCUT2D eigenvalue weighted by molar-refractivity contribution is 6.02. The lowest BCUT2D eigenvalue weighted by Crippen LogP contribution is -2.18. The molecule has 0 radical (unpaired) electrons. The molecule has 0 saturated heterocycles. The summed E-state index contributed by atoms with van der Waals surface area (Å²) in [6.45, 7) is 0. The summed E-state index contributed by atoms with van der Waals surface area (Å²) < 4.78 is 13.3. The highest BCUT2D eigenvalue weighted by Crippen LogP contribution is 2.10. The number of methoxy groups -OCH3 is 3. The molecular weight excluding hydrogens is 244 g/mol. The third kappa shape index (κ3) is 2.59. The number of esters is 3. The number of nitrogens with zero attached hydrogens (tertiary/aromatic N) is 2.